The molecule has 0 aliphatic rings. The molecule has 138 valence electrons. The van der Waals surface area contributed by atoms with Crippen LogP contribution in [0.25, 0.3) is 0 Å². The van der Waals surface area contributed by atoms with Crippen molar-refractivity contribution in [3.05, 3.63) is 77.1 Å². The van der Waals surface area contributed by atoms with E-state index in [-0.39, 0.29) is 11.6 Å². The minimum atomic E-state index is -0.957. The van der Waals surface area contributed by atoms with E-state index in [2.05, 4.69) is 20.6 Å². The molecule has 27 heavy (non-hydrogen) atoms. The number of carbonyl (C=O) groups excluding carboxylic acids is 1. The van der Waals surface area contributed by atoms with E-state index in [4.69, 9.17) is 0 Å². The van der Waals surface area contributed by atoms with E-state index in [0.29, 0.717) is 5.69 Å². The topological polar surface area (TPSA) is 66.9 Å². The van der Waals surface area contributed by atoms with Gasteiger partial charge in [-0.3, -0.25) is 4.79 Å². The lowest BCUT2D eigenvalue weighted by Gasteiger charge is -2.10. The van der Waals surface area contributed by atoms with Crippen LogP contribution in [0.3, 0.4) is 0 Å². The Hall–Kier alpha value is -3.49. The summed E-state index contributed by atoms with van der Waals surface area (Å²) in [6.45, 7) is 1.52. The van der Waals surface area contributed by atoms with Crippen molar-refractivity contribution in [2.75, 3.05) is 10.6 Å². The van der Waals surface area contributed by atoms with Gasteiger partial charge in [0.05, 0.1) is 0 Å². The van der Waals surface area contributed by atoms with Gasteiger partial charge in [-0.15, -0.1) is 0 Å². The fourth-order valence-electron chi connectivity index (χ4n) is 2.26. The van der Waals surface area contributed by atoms with Crippen LogP contribution in [-0.4, -0.2) is 15.9 Å². The third-order valence-corrected chi connectivity index (χ3v) is 3.49. The number of nitrogens with zero attached hydrogens (tertiary/aromatic N) is 2. The molecule has 3 aromatic rings. The molecule has 0 atom stereocenters. The number of amides is 1. The number of aryl methyl sites for hydroxylation is 1. The van der Waals surface area contributed by atoms with Crippen LogP contribution in [-0.2, 0) is 0 Å². The average molecular weight is 376 g/mol. The maximum absolute atomic E-state index is 13.8. The second kappa shape index (κ2) is 7.40. The predicted octanol–water partition coefficient (Wildman–Crippen LogP) is 4.34. The molecule has 0 bridgehead atoms. The molecular weight excluding hydrogens is 364 g/mol. The summed E-state index contributed by atoms with van der Waals surface area (Å²) in [7, 11) is 0. The molecule has 2 aromatic carbocycles. The summed E-state index contributed by atoms with van der Waals surface area (Å²) in [5.74, 6) is -4.83. The first-order valence-electron chi connectivity index (χ1n) is 7.67. The normalized spacial score (nSPS) is 10.6. The van der Waals surface area contributed by atoms with Crippen molar-refractivity contribution in [3.63, 3.8) is 0 Å². The van der Waals surface area contributed by atoms with E-state index in [9.17, 15) is 22.4 Å². The van der Waals surface area contributed by atoms with Crippen molar-refractivity contribution >= 4 is 23.2 Å². The van der Waals surface area contributed by atoms with E-state index in [1.165, 1.54) is 19.1 Å². The number of hydrogen-bond donors (Lipinski definition) is 2. The summed E-state index contributed by atoms with van der Waals surface area (Å²) < 4.78 is 54.9. The molecule has 0 saturated carbocycles. The minimum absolute atomic E-state index is 0.246. The van der Waals surface area contributed by atoms with Crippen LogP contribution in [0.1, 0.15) is 16.2 Å². The van der Waals surface area contributed by atoms with Crippen LogP contribution in [0.2, 0.25) is 0 Å². The monoisotopic (exact) mass is 376 g/mol. The Balaban J connectivity index is 1.90. The van der Waals surface area contributed by atoms with Gasteiger partial charge >= 0.3 is 0 Å². The zero-order valence-corrected chi connectivity index (χ0v) is 13.9. The number of hydrogen-bond acceptors (Lipinski definition) is 4. The maximum atomic E-state index is 13.8. The molecule has 3 rings (SSSR count). The highest BCUT2D eigenvalue weighted by molar-refractivity contribution is 6.03. The van der Waals surface area contributed by atoms with E-state index in [1.54, 1.807) is 0 Å². The Morgan fingerprint density at radius 3 is 1.93 bits per heavy atom. The molecule has 0 unspecified atom stereocenters. The van der Waals surface area contributed by atoms with E-state index < -0.39 is 40.6 Å². The van der Waals surface area contributed by atoms with Crippen LogP contribution in [0, 0.1) is 30.2 Å². The van der Waals surface area contributed by atoms with Gasteiger partial charge in [-0.05, 0) is 37.3 Å². The number of rotatable bonds is 4. The molecular formula is C18H12F4N4O. The Kier molecular flexibility index (Phi) is 5.02. The zero-order chi connectivity index (χ0) is 19.6. The van der Waals surface area contributed by atoms with Crippen LogP contribution in [0.5, 0.6) is 0 Å². The molecule has 9 heteroatoms. The number of nitrogens with one attached hydrogen (secondary N) is 2. The van der Waals surface area contributed by atoms with Crippen molar-refractivity contribution in [2.24, 2.45) is 0 Å². The summed E-state index contributed by atoms with van der Waals surface area (Å²) >= 11 is 0. The van der Waals surface area contributed by atoms with Crippen LogP contribution >= 0.6 is 0 Å². The van der Waals surface area contributed by atoms with E-state index in [0.717, 1.165) is 30.3 Å². The predicted molar refractivity (Wildman–Crippen MR) is 90.7 cm³/mol. The van der Waals surface area contributed by atoms with Crippen LogP contribution in [0.15, 0.2) is 42.5 Å². The number of aromatic nitrogens is 2. The Labute approximate surface area is 151 Å². The minimum Gasteiger partial charge on any atom is -0.319 e. The fraction of sp³-hybridized carbons (Fsp3) is 0.0556. The largest absolute Gasteiger partial charge is 0.319 e. The van der Waals surface area contributed by atoms with Gasteiger partial charge in [0, 0.05) is 5.69 Å². The second-order valence-electron chi connectivity index (χ2n) is 5.49. The highest BCUT2D eigenvalue weighted by Crippen LogP contribution is 2.22. The lowest BCUT2D eigenvalue weighted by atomic mass is 10.2. The smallest absolute Gasteiger partial charge is 0.274 e. The van der Waals surface area contributed by atoms with Crippen molar-refractivity contribution < 1.29 is 22.4 Å². The molecule has 0 fully saturated rings. The van der Waals surface area contributed by atoms with E-state index >= 15 is 0 Å². The zero-order valence-electron chi connectivity index (χ0n) is 13.9. The fourth-order valence-corrected chi connectivity index (χ4v) is 2.26. The summed E-state index contributed by atoms with van der Waals surface area (Å²) in [4.78, 5) is 20.1. The molecule has 0 spiro atoms. The molecule has 2 N–H and O–H groups in total. The average Bonchev–Trinajstić information content (AvgIpc) is 2.61. The SMILES string of the molecule is Cc1cc(C(=O)Nc2c(F)cccc2F)nc(Nc2c(F)cccc2F)n1. The lowest BCUT2D eigenvalue weighted by molar-refractivity contribution is 0.102. The van der Waals surface area contributed by atoms with Gasteiger partial charge in [0.15, 0.2) is 0 Å². The van der Waals surface area contributed by atoms with Gasteiger partial charge in [0.25, 0.3) is 5.91 Å². The molecule has 0 aliphatic carbocycles. The number of anilines is 3. The van der Waals surface area contributed by atoms with Gasteiger partial charge in [0.1, 0.15) is 40.3 Å². The first kappa shape index (κ1) is 18.3. The van der Waals surface area contributed by atoms with Gasteiger partial charge in [-0.1, -0.05) is 12.1 Å². The van der Waals surface area contributed by atoms with Crippen LogP contribution in [0.4, 0.5) is 34.9 Å². The summed E-state index contributed by atoms with van der Waals surface area (Å²) in [6, 6.07) is 7.65. The Morgan fingerprint density at radius 2 is 1.37 bits per heavy atom. The Morgan fingerprint density at radius 1 is 0.852 bits per heavy atom. The van der Waals surface area contributed by atoms with Crippen molar-refractivity contribution in [2.45, 2.75) is 6.92 Å². The number of carbonyl (C=O) groups is 1. The molecule has 1 heterocycles. The molecule has 1 aromatic heterocycles. The number of para-hydroxylation sites is 2. The molecule has 1 amide bonds. The lowest BCUT2D eigenvalue weighted by Crippen LogP contribution is -2.17. The second-order valence-corrected chi connectivity index (χ2v) is 5.49. The molecule has 0 aliphatic heterocycles. The summed E-state index contributed by atoms with van der Waals surface area (Å²) in [5, 5.41) is 4.44. The highest BCUT2D eigenvalue weighted by Gasteiger charge is 2.17. The van der Waals surface area contributed by atoms with Crippen LogP contribution < -0.4 is 10.6 Å². The van der Waals surface area contributed by atoms with Gasteiger partial charge in [-0.2, -0.15) is 0 Å². The van der Waals surface area contributed by atoms with Crippen molar-refractivity contribution in [1.82, 2.24) is 9.97 Å². The molecule has 0 saturated heterocycles. The van der Waals surface area contributed by atoms with Crippen molar-refractivity contribution in [1.29, 1.82) is 0 Å². The van der Waals surface area contributed by atoms with Gasteiger partial charge in [0.2, 0.25) is 5.95 Å². The molecule has 0 radical (unpaired) electrons. The number of benzene rings is 2. The van der Waals surface area contributed by atoms with Crippen molar-refractivity contribution in [3.8, 4) is 0 Å². The Bertz CT molecular complexity index is 986. The quantitative estimate of drug-likeness (QED) is 0.665. The summed E-state index contributed by atoms with van der Waals surface area (Å²) in [6.07, 6.45) is 0. The van der Waals surface area contributed by atoms with Gasteiger partial charge in [-0.25, -0.2) is 27.5 Å². The number of halogens is 4. The third kappa shape index (κ3) is 4.02. The van der Waals surface area contributed by atoms with Gasteiger partial charge < -0.3 is 10.6 Å². The van der Waals surface area contributed by atoms with E-state index in [1.807, 2.05) is 0 Å². The third-order valence-electron chi connectivity index (χ3n) is 3.49. The first-order chi connectivity index (χ1) is 12.8. The highest BCUT2D eigenvalue weighted by atomic mass is 19.1. The summed E-state index contributed by atoms with van der Waals surface area (Å²) in [5.41, 5.74) is -1.07. The maximum Gasteiger partial charge on any atom is 0.274 e. The molecule has 5 nitrogen and oxygen atoms in total. The first-order valence-corrected chi connectivity index (χ1v) is 7.67. The standard InChI is InChI=1S/C18H12F4N4O/c1-9-8-14(17(27)25-15-10(19)4-2-5-11(15)20)24-18(23-9)26-16-12(21)6-3-7-13(16)22/h2-8H,1H3,(H,25,27)(H,23,24,26).